The van der Waals surface area contributed by atoms with Gasteiger partial charge in [0.15, 0.2) is 0 Å². The summed E-state index contributed by atoms with van der Waals surface area (Å²) in [7, 11) is 0. The largest absolute Gasteiger partial charge is 0.459 e. The minimum Gasteiger partial charge on any atom is -0.459 e. The van der Waals surface area contributed by atoms with Crippen molar-refractivity contribution in [2.24, 2.45) is 5.84 Å². The Morgan fingerprint density at radius 1 is 1.37 bits per heavy atom. The van der Waals surface area contributed by atoms with Crippen molar-refractivity contribution in [2.75, 3.05) is 0 Å². The first-order valence-corrected chi connectivity index (χ1v) is 7.55. The van der Waals surface area contributed by atoms with Crippen LogP contribution in [0.25, 0.3) is 11.0 Å². The van der Waals surface area contributed by atoms with Gasteiger partial charge >= 0.3 is 0 Å². The van der Waals surface area contributed by atoms with Crippen LogP contribution in [0.2, 0.25) is 0 Å². The number of rotatable bonds is 3. The molecule has 0 amide bonds. The highest BCUT2D eigenvalue weighted by Gasteiger charge is 2.19. The summed E-state index contributed by atoms with van der Waals surface area (Å²) < 4.78 is 7.02. The Hall–Kier alpha value is -1.14. The molecule has 0 radical (unpaired) electrons. The van der Waals surface area contributed by atoms with Crippen molar-refractivity contribution < 1.29 is 4.42 Å². The highest BCUT2D eigenvalue weighted by Crippen LogP contribution is 2.33. The van der Waals surface area contributed by atoms with Gasteiger partial charge in [-0.15, -0.1) is 11.3 Å². The first-order valence-electron chi connectivity index (χ1n) is 5.88. The molecule has 0 bridgehead atoms. The molecule has 0 aliphatic rings. The average molecular weight is 337 g/mol. The van der Waals surface area contributed by atoms with Crippen LogP contribution in [0.5, 0.6) is 0 Å². The molecule has 3 aromatic rings. The fourth-order valence-corrected chi connectivity index (χ4v) is 3.67. The summed E-state index contributed by atoms with van der Waals surface area (Å²) in [6.07, 6.45) is 0. The number of aryl methyl sites for hydroxylation is 1. The van der Waals surface area contributed by atoms with E-state index < -0.39 is 0 Å². The van der Waals surface area contributed by atoms with Gasteiger partial charge in [-0.05, 0) is 40.5 Å². The van der Waals surface area contributed by atoms with Gasteiger partial charge < -0.3 is 4.42 Å². The Bertz CT molecular complexity index is 719. The molecule has 0 saturated carbocycles. The third-order valence-electron chi connectivity index (χ3n) is 3.08. The molecular formula is C14H13BrN2OS. The lowest BCUT2D eigenvalue weighted by Gasteiger charge is -2.10. The maximum atomic E-state index is 5.96. The molecule has 0 saturated heterocycles. The van der Waals surface area contributed by atoms with E-state index in [1.54, 1.807) is 11.3 Å². The number of fused-ring (bicyclic) bond motifs is 1. The Balaban J connectivity index is 2.09. The number of hydrazine groups is 1. The molecule has 0 spiro atoms. The third-order valence-corrected chi connectivity index (χ3v) is 4.84. The number of hydrogen-bond donors (Lipinski definition) is 2. The minimum absolute atomic E-state index is 0.122. The highest BCUT2D eigenvalue weighted by atomic mass is 79.9. The van der Waals surface area contributed by atoms with Crippen LogP contribution in [0.3, 0.4) is 0 Å². The minimum atomic E-state index is -0.122. The lowest BCUT2D eigenvalue weighted by Crippen LogP contribution is -2.27. The second-order valence-corrected chi connectivity index (χ2v) is 6.27. The third kappa shape index (κ3) is 2.34. The van der Waals surface area contributed by atoms with Crippen molar-refractivity contribution in [3.8, 4) is 0 Å². The summed E-state index contributed by atoms with van der Waals surface area (Å²) in [6, 6.07) is 10.1. The molecule has 19 heavy (non-hydrogen) atoms. The number of hydrogen-bond acceptors (Lipinski definition) is 4. The first kappa shape index (κ1) is 12.9. The highest BCUT2D eigenvalue weighted by molar-refractivity contribution is 9.10. The van der Waals surface area contributed by atoms with Crippen molar-refractivity contribution in [1.82, 2.24) is 5.43 Å². The Morgan fingerprint density at radius 2 is 2.21 bits per heavy atom. The average Bonchev–Trinajstić information content (AvgIpc) is 2.98. The van der Waals surface area contributed by atoms with Crippen molar-refractivity contribution in [3.63, 3.8) is 0 Å². The molecule has 98 valence electrons. The standard InChI is InChI=1S/C14H13BrN2OS/c1-8-3-2-4-9-5-11(18-14(8)9)13(17-16)12-6-10(15)7-19-12/h2-7,13,17H,16H2,1H3. The lowest BCUT2D eigenvalue weighted by atomic mass is 10.1. The zero-order valence-corrected chi connectivity index (χ0v) is 12.7. The maximum Gasteiger partial charge on any atom is 0.137 e. The van der Waals surface area contributed by atoms with E-state index in [1.165, 1.54) is 0 Å². The van der Waals surface area contributed by atoms with E-state index >= 15 is 0 Å². The number of benzene rings is 1. The van der Waals surface area contributed by atoms with Gasteiger partial charge in [0, 0.05) is 20.1 Å². The molecule has 0 aliphatic heterocycles. The Kier molecular flexibility index (Phi) is 3.45. The molecule has 1 aromatic carbocycles. The zero-order chi connectivity index (χ0) is 13.4. The quantitative estimate of drug-likeness (QED) is 0.558. The molecule has 0 fully saturated rings. The smallest absolute Gasteiger partial charge is 0.137 e. The van der Waals surface area contributed by atoms with Crippen LogP contribution < -0.4 is 11.3 Å². The van der Waals surface area contributed by atoms with E-state index in [0.717, 1.165) is 31.6 Å². The van der Waals surface area contributed by atoms with Gasteiger partial charge in [-0.1, -0.05) is 18.2 Å². The monoisotopic (exact) mass is 336 g/mol. The number of nitrogens with two attached hydrogens (primary N) is 1. The molecule has 1 unspecified atom stereocenters. The van der Waals surface area contributed by atoms with Crippen LogP contribution in [0, 0.1) is 6.92 Å². The van der Waals surface area contributed by atoms with Gasteiger partial charge in [0.25, 0.3) is 0 Å². The van der Waals surface area contributed by atoms with E-state index in [4.69, 9.17) is 10.3 Å². The number of furan rings is 1. The summed E-state index contributed by atoms with van der Waals surface area (Å²) >= 11 is 5.10. The van der Waals surface area contributed by atoms with Crippen molar-refractivity contribution in [2.45, 2.75) is 13.0 Å². The van der Waals surface area contributed by atoms with Crippen molar-refractivity contribution in [3.05, 3.63) is 56.4 Å². The molecule has 5 heteroatoms. The molecule has 2 heterocycles. The molecule has 3 nitrogen and oxygen atoms in total. The molecular weight excluding hydrogens is 324 g/mol. The van der Waals surface area contributed by atoms with Gasteiger partial charge in [-0.3, -0.25) is 5.84 Å². The van der Waals surface area contributed by atoms with Crippen LogP contribution in [-0.2, 0) is 0 Å². The zero-order valence-electron chi connectivity index (χ0n) is 10.3. The predicted octanol–water partition coefficient (Wildman–Crippen LogP) is 4.12. The van der Waals surface area contributed by atoms with Crippen LogP contribution in [0.1, 0.15) is 22.2 Å². The summed E-state index contributed by atoms with van der Waals surface area (Å²) in [6.45, 7) is 2.04. The second-order valence-electron chi connectivity index (χ2n) is 4.41. The SMILES string of the molecule is Cc1cccc2cc(C(NN)c3cc(Br)cs3)oc12. The normalized spacial score (nSPS) is 13.0. The summed E-state index contributed by atoms with van der Waals surface area (Å²) in [4.78, 5) is 1.12. The van der Waals surface area contributed by atoms with Crippen LogP contribution in [0.15, 0.2) is 44.6 Å². The number of thiophene rings is 1. The Morgan fingerprint density at radius 3 is 2.84 bits per heavy atom. The second kappa shape index (κ2) is 5.09. The van der Waals surface area contributed by atoms with Crippen molar-refractivity contribution in [1.29, 1.82) is 0 Å². The number of para-hydroxylation sites is 1. The van der Waals surface area contributed by atoms with Crippen LogP contribution in [0.4, 0.5) is 0 Å². The lowest BCUT2D eigenvalue weighted by molar-refractivity contribution is 0.480. The molecule has 2 aromatic heterocycles. The van der Waals surface area contributed by atoms with E-state index in [2.05, 4.69) is 27.4 Å². The van der Waals surface area contributed by atoms with Gasteiger partial charge in [-0.2, -0.15) is 0 Å². The fourth-order valence-electron chi connectivity index (χ4n) is 2.16. The summed E-state index contributed by atoms with van der Waals surface area (Å²) in [5.74, 6) is 6.52. The summed E-state index contributed by atoms with van der Waals surface area (Å²) in [5, 5.41) is 3.14. The molecule has 0 aliphatic carbocycles. The van der Waals surface area contributed by atoms with Gasteiger partial charge in [0.2, 0.25) is 0 Å². The molecule has 1 atom stereocenters. The maximum absolute atomic E-state index is 5.96. The topological polar surface area (TPSA) is 51.2 Å². The van der Waals surface area contributed by atoms with Crippen molar-refractivity contribution >= 4 is 38.2 Å². The van der Waals surface area contributed by atoms with Gasteiger partial charge in [0.1, 0.15) is 17.4 Å². The summed E-state index contributed by atoms with van der Waals surface area (Å²) in [5.41, 5.74) is 4.88. The van der Waals surface area contributed by atoms with Gasteiger partial charge in [0.05, 0.1) is 0 Å². The molecule has 3 rings (SSSR count). The number of nitrogens with one attached hydrogen (secondary N) is 1. The van der Waals surface area contributed by atoms with Crippen LogP contribution in [-0.4, -0.2) is 0 Å². The molecule has 3 N–H and O–H groups in total. The predicted molar refractivity (Wildman–Crippen MR) is 82.1 cm³/mol. The van der Waals surface area contributed by atoms with E-state index in [-0.39, 0.29) is 6.04 Å². The van der Waals surface area contributed by atoms with Crippen LogP contribution >= 0.6 is 27.3 Å². The van der Waals surface area contributed by atoms with Gasteiger partial charge in [-0.25, -0.2) is 5.43 Å². The Labute approximate surface area is 123 Å². The fraction of sp³-hybridized carbons (Fsp3) is 0.143. The van der Waals surface area contributed by atoms with E-state index in [0.29, 0.717) is 0 Å². The van der Waals surface area contributed by atoms with E-state index in [1.807, 2.05) is 36.6 Å². The number of halogens is 1. The first-order chi connectivity index (χ1) is 9.19. The van der Waals surface area contributed by atoms with E-state index in [9.17, 15) is 0 Å².